The highest BCUT2D eigenvalue weighted by atomic mass is 16.1. The van der Waals surface area contributed by atoms with Crippen molar-refractivity contribution in [3.8, 4) is 0 Å². The molecule has 0 aliphatic rings. The number of carbonyl (C=O) groups is 1. The van der Waals surface area contributed by atoms with Gasteiger partial charge in [0.25, 0.3) is 0 Å². The molecule has 0 aliphatic carbocycles. The molecule has 0 fully saturated rings. The van der Waals surface area contributed by atoms with E-state index >= 15 is 0 Å². The summed E-state index contributed by atoms with van der Waals surface area (Å²) >= 11 is 0. The number of carbonyl (C=O) groups excluding carboxylic acids is 1. The molecule has 0 N–H and O–H groups in total. The summed E-state index contributed by atoms with van der Waals surface area (Å²) < 4.78 is 0. The van der Waals surface area contributed by atoms with Crippen molar-refractivity contribution >= 4 is 5.78 Å². The van der Waals surface area contributed by atoms with E-state index in [9.17, 15) is 4.79 Å². The minimum absolute atomic E-state index is 0.268. The Morgan fingerprint density at radius 3 is 1.88 bits per heavy atom. The smallest absolute Gasteiger partial charge is 0.130 e. The van der Waals surface area contributed by atoms with Crippen LogP contribution in [0, 0.1) is 20.8 Å². The van der Waals surface area contributed by atoms with Crippen molar-refractivity contribution in [2.75, 3.05) is 0 Å². The van der Waals surface area contributed by atoms with E-state index in [-0.39, 0.29) is 5.78 Å². The number of Topliss-reactive ketones (excluding diaryl/α,β-unsaturated/α-hetero) is 1. The minimum atomic E-state index is 0.268. The van der Waals surface area contributed by atoms with Crippen LogP contribution in [0.5, 0.6) is 0 Å². The average molecular weight is 220 g/mol. The molecule has 0 atom stereocenters. The maximum atomic E-state index is 10.9. The first-order valence-electron chi connectivity index (χ1n) is 6.07. The van der Waals surface area contributed by atoms with Gasteiger partial charge >= 0.3 is 0 Å². The van der Waals surface area contributed by atoms with Crippen molar-refractivity contribution in [3.63, 3.8) is 0 Å². The predicted molar refractivity (Wildman–Crippen MR) is 71.0 cm³/mol. The maximum Gasteiger partial charge on any atom is 0.130 e. The fourth-order valence-corrected chi connectivity index (χ4v) is 1.91. The SMILES string of the molecule is CC.CC(=O)CCc1c(C)cc(C)cc1C. The van der Waals surface area contributed by atoms with Crippen LogP contribution in [0.15, 0.2) is 12.1 Å². The Balaban J connectivity index is 0.00000106. The largest absolute Gasteiger partial charge is 0.300 e. The summed E-state index contributed by atoms with van der Waals surface area (Å²) in [5.41, 5.74) is 5.25. The first kappa shape index (κ1) is 14.9. The molecule has 0 aromatic heterocycles. The molecule has 90 valence electrons. The number of ketones is 1. The molecule has 0 amide bonds. The maximum absolute atomic E-state index is 10.9. The zero-order chi connectivity index (χ0) is 12.7. The second-order valence-electron chi connectivity index (χ2n) is 4.08. The van der Waals surface area contributed by atoms with E-state index in [4.69, 9.17) is 0 Å². The normalized spacial score (nSPS) is 9.38. The van der Waals surface area contributed by atoms with Gasteiger partial charge in [-0.05, 0) is 50.8 Å². The lowest BCUT2D eigenvalue weighted by molar-refractivity contribution is -0.116. The standard InChI is InChI=1S/C13H18O.C2H6/c1-9-7-10(2)13(11(3)8-9)6-5-12(4)14;1-2/h7-8H,5-6H2,1-4H3;1-2H3. The van der Waals surface area contributed by atoms with Crippen LogP contribution in [0.25, 0.3) is 0 Å². The summed E-state index contributed by atoms with van der Waals surface area (Å²) in [5, 5.41) is 0. The second kappa shape index (κ2) is 7.21. The fourth-order valence-electron chi connectivity index (χ4n) is 1.91. The molecule has 1 aromatic rings. The fraction of sp³-hybridized carbons (Fsp3) is 0.533. The summed E-state index contributed by atoms with van der Waals surface area (Å²) in [6, 6.07) is 4.37. The molecule has 0 saturated heterocycles. The van der Waals surface area contributed by atoms with E-state index in [0.717, 1.165) is 6.42 Å². The van der Waals surface area contributed by atoms with Crippen LogP contribution in [0.2, 0.25) is 0 Å². The lowest BCUT2D eigenvalue weighted by Gasteiger charge is -2.10. The number of aryl methyl sites for hydroxylation is 3. The van der Waals surface area contributed by atoms with Crippen LogP contribution in [-0.2, 0) is 11.2 Å². The molecule has 1 nitrogen and oxygen atoms in total. The van der Waals surface area contributed by atoms with Crippen LogP contribution in [0.1, 0.15) is 49.4 Å². The van der Waals surface area contributed by atoms with Crippen LogP contribution < -0.4 is 0 Å². The molecular formula is C15H24O. The molecule has 0 saturated carbocycles. The Morgan fingerprint density at radius 2 is 1.50 bits per heavy atom. The molecular weight excluding hydrogens is 196 g/mol. The van der Waals surface area contributed by atoms with E-state index in [1.807, 2.05) is 13.8 Å². The van der Waals surface area contributed by atoms with Crippen molar-refractivity contribution < 1.29 is 4.79 Å². The third-order valence-electron chi connectivity index (χ3n) is 2.57. The topological polar surface area (TPSA) is 17.1 Å². The summed E-state index contributed by atoms with van der Waals surface area (Å²) in [6.45, 7) is 12.0. The van der Waals surface area contributed by atoms with Gasteiger partial charge in [0.05, 0.1) is 0 Å². The van der Waals surface area contributed by atoms with Gasteiger partial charge in [0.2, 0.25) is 0 Å². The first-order chi connectivity index (χ1) is 7.50. The summed E-state index contributed by atoms with van der Waals surface area (Å²) in [7, 11) is 0. The Bertz CT molecular complexity index is 327. The quantitative estimate of drug-likeness (QED) is 0.747. The summed E-state index contributed by atoms with van der Waals surface area (Å²) in [4.78, 5) is 10.9. The van der Waals surface area contributed by atoms with E-state index < -0.39 is 0 Å². The summed E-state index contributed by atoms with van der Waals surface area (Å²) in [5.74, 6) is 0.268. The van der Waals surface area contributed by atoms with Gasteiger partial charge in [-0.25, -0.2) is 0 Å². The Hall–Kier alpha value is -1.11. The van der Waals surface area contributed by atoms with Crippen LogP contribution in [0.3, 0.4) is 0 Å². The van der Waals surface area contributed by atoms with Crippen molar-refractivity contribution in [2.45, 2.75) is 54.4 Å². The van der Waals surface area contributed by atoms with Crippen molar-refractivity contribution in [1.29, 1.82) is 0 Å². The van der Waals surface area contributed by atoms with Crippen LogP contribution in [-0.4, -0.2) is 5.78 Å². The van der Waals surface area contributed by atoms with Gasteiger partial charge < -0.3 is 4.79 Å². The molecule has 1 aromatic carbocycles. The van der Waals surface area contributed by atoms with Gasteiger partial charge in [0, 0.05) is 6.42 Å². The van der Waals surface area contributed by atoms with E-state index in [2.05, 4.69) is 32.9 Å². The highest BCUT2D eigenvalue weighted by molar-refractivity contribution is 5.75. The van der Waals surface area contributed by atoms with E-state index in [0.29, 0.717) is 6.42 Å². The molecule has 1 heteroatoms. The zero-order valence-corrected chi connectivity index (χ0v) is 11.5. The van der Waals surface area contributed by atoms with Crippen molar-refractivity contribution in [3.05, 3.63) is 34.4 Å². The van der Waals surface area contributed by atoms with Gasteiger partial charge in [-0.15, -0.1) is 0 Å². The number of hydrogen-bond donors (Lipinski definition) is 0. The second-order valence-corrected chi connectivity index (χ2v) is 4.08. The molecule has 0 bridgehead atoms. The molecule has 1 rings (SSSR count). The summed E-state index contributed by atoms with van der Waals surface area (Å²) in [6.07, 6.45) is 1.54. The Labute approximate surface area is 99.9 Å². The lowest BCUT2D eigenvalue weighted by Crippen LogP contribution is -1.99. The predicted octanol–water partition coefficient (Wildman–Crippen LogP) is 4.16. The monoisotopic (exact) mass is 220 g/mol. The highest BCUT2D eigenvalue weighted by Gasteiger charge is 2.04. The van der Waals surface area contributed by atoms with E-state index in [1.165, 1.54) is 22.3 Å². The molecule has 16 heavy (non-hydrogen) atoms. The molecule has 0 radical (unpaired) electrons. The van der Waals surface area contributed by atoms with Crippen molar-refractivity contribution in [1.82, 2.24) is 0 Å². The molecule has 0 spiro atoms. The van der Waals surface area contributed by atoms with Gasteiger partial charge in [-0.3, -0.25) is 0 Å². The van der Waals surface area contributed by atoms with Gasteiger partial charge in [-0.1, -0.05) is 31.5 Å². The van der Waals surface area contributed by atoms with Crippen LogP contribution >= 0.6 is 0 Å². The molecule has 0 unspecified atom stereocenters. The van der Waals surface area contributed by atoms with Crippen LogP contribution in [0.4, 0.5) is 0 Å². The van der Waals surface area contributed by atoms with Gasteiger partial charge in [0.15, 0.2) is 0 Å². The number of rotatable bonds is 3. The van der Waals surface area contributed by atoms with Gasteiger partial charge in [0.1, 0.15) is 5.78 Å². The molecule has 0 heterocycles. The van der Waals surface area contributed by atoms with Crippen molar-refractivity contribution in [2.24, 2.45) is 0 Å². The third kappa shape index (κ3) is 4.61. The highest BCUT2D eigenvalue weighted by Crippen LogP contribution is 2.17. The lowest BCUT2D eigenvalue weighted by atomic mass is 9.96. The molecule has 0 aliphatic heterocycles. The first-order valence-corrected chi connectivity index (χ1v) is 6.07. The Kier molecular flexibility index (Phi) is 6.71. The zero-order valence-electron chi connectivity index (χ0n) is 11.5. The minimum Gasteiger partial charge on any atom is -0.300 e. The average Bonchev–Trinajstić information content (AvgIpc) is 2.18. The third-order valence-corrected chi connectivity index (χ3v) is 2.57. The number of hydrogen-bond acceptors (Lipinski definition) is 1. The van der Waals surface area contributed by atoms with E-state index in [1.54, 1.807) is 6.92 Å². The number of benzene rings is 1. The van der Waals surface area contributed by atoms with Gasteiger partial charge in [-0.2, -0.15) is 0 Å². The Morgan fingerprint density at radius 1 is 1.06 bits per heavy atom.